The third-order valence-electron chi connectivity index (χ3n) is 24.2. The molecule has 0 fully saturated rings. The van der Waals surface area contributed by atoms with Gasteiger partial charge in [0.1, 0.15) is 0 Å². The van der Waals surface area contributed by atoms with E-state index in [4.69, 9.17) is 39.9 Å². The van der Waals surface area contributed by atoms with E-state index < -0.39 is 0 Å². The Morgan fingerprint density at radius 2 is 0.325 bits per heavy atom. The van der Waals surface area contributed by atoms with Gasteiger partial charge >= 0.3 is 34.1 Å². The second-order valence-electron chi connectivity index (χ2n) is 42.0. The maximum atomic E-state index is 10.7. The Morgan fingerprint density at radius 3 is 0.468 bits per heavy atom. The molecule has 0 unspecified atom stereocenters. The van der Waals surface area contributed by atoms with Crippen molar-refractivity contribution in [2.45, 2.75) is 209 Å². The third kappa shape index (κ3) is 17.4. The van der Waals surface area contributed by atoms with Crippen LogP contribution in [0, 0.1) is 45.3 Å². The van der Waals surface area contributed by atoms with E-state index in [0.29, 0.717) is 145 Å². The zero-order valence-electron chi connectivity index (χ0n) is 76.6. The van der Waals surface area contributed by atoms with Gasteiger partial charge in [0.05, 0.1) is 92.1 Å². The molecule has 6 aromatic carbocycles. The molecule has 126 heavy (non-hydrogen) atoms. The van der Waals surface area contributed by atoms with Gasteiger partial charge in [-0.2, -0.15) is 21.0 Å². The molecule has 0 saturated heterocycles. The topological polar surface area (TPSA) is 203 Å². The Kier molecular flexibility index (Phi) is 23.2. The number of nitriles is 4. The minimum atomic E-state index is -0.282. The smallest absolute Gasteiger partial charge is 0.657 e. The van der Waals surface area contributed by atoms with Crippen LogP contribution in [-0.2, 0) is 77.5 Å². The second kappa shape index (κ2) is 32.5. The van der Waals surface area contributed by atoms with Crippen LogP contribution in [0.4, 0.5) is 0 Å². The number of nitrogens with zero attached hydrogens (tertiary/aromatic N) is 12. The molecule has 0 saturated carbocycles. The summed E-state index contributed by atoms with van der Waals surface area (Å²) in [4.78, 5) is 47.3. The molecular formula is C112H106Cu2N12. The fourth-order valence-electron chi connectivity index (χ4n) is 16.8. The SMILES string of the molecule is CC(C)(C)c1cc(-c2c3nc(c(-c4c5nc(c(-c6cc(C(C)(C)C)cc(C(C)(C)C)c6)c6ccc([n-]6)c(-c6cc(C#N)cc(C#N)c6)c6nc(c(-c7cc(C(C)(C)C)cc(C(C)(C)C)c7)c7ccc4[n-]7)C=C6)C=C5)c4ccc([n-]4)c(-c4cc(C(C)(C)C)cc(C(C)(C)C)c4)c4nc(c(-c5cc(C#N)cc(C#N)c5)c5ccc2[n-]5)C=C4)C=C3)cc(C(C)(C)C)c1.[Cu+2].[Cu+2]. The third-order valence-corrected chi connectivity index (χ3v) is 24.2. The molecule has 0 N–H and O–H groups in total. The molecule has 12 aromatic rings. The standard InChI is InChI=1S/C112H106N12.2Cu/c1-105(2,3)73-47-69(48-74(55-73)106(4,5)6)99-85-29-25-81(117-85)97(67-43-63(59-113)41-64(44-67)60-114)82-26-30-86(118-82)100(70-49-75(107(7,8)9)56-76(50-70)108(10,11)12)90-34-38-94(122-90)103(93-37-33-89(99)121-93)104-95-39-35-91(123-95)101(71-51-77(109(13,14)15)57-78(52-71)110(16,17)18)87-31-27-83(119-87)98(68-45-65(61-115)42-66(46-68)62-116)84-28-32-88(120-84)102(92-36-40-96(104)124-92)72-53-79(111(19,20)21)58-80(54-72)112(22,23)24;;/h25-58H,1-24H3;;/q-4;2*+2. The van der Waals surface area contributed by atoms with E-state index in [1.807, 2.05) is 48.6 Å². The van der Waals surface area contributed by atoms with Crippen molar-refractivity contribution in [1.82, 2.24) is 39.9 Å². The minimum absolute atomic E-state index is 0. The van der Waals surface area contributed by atoms with Crippen molar-refractivity contribution in [3.63, 3.8) is 0 Å². The average molecular weight is 1750 g/mol. The molecule has 0 amide bonds. The largest absolute Gasteiger partial charge is 2.00 e. The van der Waals surface area contributed by atoms with E-state index in [9.17, 15) is 21.0 Å². The van der Waals surface area contributed by atoms with E-state index in [-0.39, 0.29) is 77.5 Å². The molecule has 10 heterocycles. The molecule has 4 aliphatic heterocycles. The molecule has 0 aliphatic carbocycles. The molecule has 4 aliphatic rings. The first-order chi connectivity index (χ1) is 58.2. The molecule has 6 aromatic heterocycles. The first kappa shape index (κ1) is 89.8. The number of fused-ring (bicyclic) bond motifs is 16. The summed E-state index contributed by atoms with van der Waals surface area (Å²) < 4.78 is 0. The summed E-state index contributed by atoms with van der Waals surface area (Å²) in [5.74, 6) is 0. The summed E-state index contributed by atoms with van der Waals surface area (Å²) in [5.41, 5.74) is 28.9. The predicted octanol–water partition coefficient (Wildman–Crippen LogP) is 27.7. The van der Waals surface area contributed by atoms with E-state index in [1.165, 1.54) is 0 Å². The van der Waals surface area contributed by atoms with Crippen LogP contribution in [0.5, 0.6) is 0 Å². The van der Waals surface area contributed by atoms with Crippen LogP contribution in [0.2, 0.25) is 0 Å². The average Bonchev–Trinajstić information content (AvgIpc) is 1.58. The van der Waals surface area contributed by atoms with Crippen molar-refractivity contribution in [2.24, 2.45) is 0 Å². The molecule has 16 rings (SSSR count). The van der Waals surface area contributed by atoms with Crippen molar-refractivity contribution in [1.29, 1.82) is 21.0 Å². The number of benzene rings is 6. The maximum Gasteiger partial charge on any atom is 2.00 e. The molecule has 0 spiro atoms. The molecule has 636 valence electrons. The molecule has 0 atom stereocenters. The second-order valence-corrected chi connectivity index (χ2v) is 42.0. The fourth-order valence-corrected chi connectivity index (χ4v) is 16.8. The van der Waals surface area contributed by atoms with Crippen LogP contribution in [0.3, 0.4) is 0 Å². The molecule has 14 heteroatoms. The van der Waals surface area contributed by atoms with Gasteiger partial charge in [-0.05, 0) is 251 Å². The zero-order valence-corrected chi connectivity index (χ0v) is 78.5. The number of aromatic nitrogens is 8. The maximum absolute atomic E-state index is 10.7. The van der Waals surface area contributed by atoms with Gasteiger partial charge in [0, 0.05) is 0 Å². The Bertz CT molecular complexity index is 6450. The van der Waals surface area contributed by atoms with E-state index in [1.54, 1.807) is 12.1 Å². The summed E-state index contributed by atoms with van der Waals surface area (Å²) >= 11 is 0. The molecule has 2 radical (unpaired) electrons. The van der Waals surface area contributed by atoms with Crippen molar-refractivity contribution in [3.8, 4) is 102 Å². The van der Waals surface area contributed by atoms with Crippen LogP contribution in [-0.4, -0.2) is 19.9 Å². The first-order valence-electron chi connectivity index (χ1n) is 42.9. The number of hydrogen-bond donors (Lipinski definition) is 0. The van der Waals surface area contributed by atoms with Gasteiger partial charge in [-0.15, -0.1) is 44.1 Å². The Labute approximate surface area is 763 Å². The molecular weight excluding hydrogens is 1640 g/mol. The van der Waals surface area contributed by atoms with Gasteiger partial charge in [0.25, 0.3) is 0 Å². The van der Waals surface area contributed by atoms with Gasteiger partial charge < -0.3 is 19.9 Å². The predicted molar refractivity (Wildman–Crippen MR) is 514 cm³/mol. The summed E-state index contributed by atoms with van der Waals surface area (Å²) in [6.07, 6.45) is 16.6. The number of hydrogen-bond acceptors (Lipinski definition) is 8. The first-order valence-corrected chi connectivity index (χ1v) is 42.9. The Hall–Kier alpha value is -12.5. The Balaban J connectivity index is 0.00000644. The summed E-state index contributed by atoms with van der Waals surface area (Å²) in [6, 6.07) is 64.3. The van der Waals surface area contributed by atoms with Crippen molar-refractivity contribution >= 4 is 92.7 Å². The van der Waals surface area contributed by atoms with Crippen molar-refractivity contribution < 1.29 is 34.1 Å². The van der Waals surface area contributed by atoms with Gasteiger partial charge in [-0.1, -0.05) is 287 Å². The molecule has 12 nitrogen and oxygen atoms in total. The fraction of sp³-hybridized carbons (Fsp3) is 0.286. The quantitative estimate of drug-likeness (QED) is 0.137. The van der Waals surface area contributed by atoms with Crippen LogP contribution in [0.15, 0.2) is 158 Å². The normalized spacial score (nSPS) is 13.0. The van der Waals surface area contributed by atoms with Crippen LogP contribution in [0.25, 0.3) is 171 Å². The number of rotatable bonds is 7. The van der Waals surface area contributed by atoms with Gasteiger partial charge in [-0.25, -0.2) is 19.9 Å². The van der Waals surface area contributed by atoms with Gasteiger partial charge in [0.2, 0.25) is 0 Å². The Morgan fingerprint density at radius 1 is 0.190 bits per heavy atom. The summed E-state index contributed by atoms with van der Waals surface area (Å²) in [5, 5.41) is 42.8. The van der Waals surface area contributed by atoms with Gasteiger partial charge in [-0.3, -0.25) is 0 Å². The van der Waals surface area contributed by atoms with E-state index in [0.717, 1.165) is 89.0 Å². The van der Waals surface area contributed by atoms with Crippen molar-refractivity contribution in [3.05, 3.63) is 270 Å². The van der Waals surface area contributed by atoms with Crippen molar-refractivity contribution in [2.75, 3.05) is 0 Å². The summed E-state index contributed by atoms with van der Waals surface area (Å²) in [6.45, 7) is 54.1. The minimum Gasteiger partial charge on any atom is -0.657 e. The van der Waals surface area contributed by atoms with E-state index >= 15 is 0 Å². The van der Waals surface area contributed by atoms with Crippen LogP contribution < -0.4 is 19.9 Å². The van der Waals surface area contributed by atoms with Crippen LogP contribution >= 0.6 is 0 Å². The zero-order chi connectivity index (χ0) is 88.8. The van der Waals surface area contributed by atoms with E-state index in [2.05, 4.69) is 336 Å². The summed E-state index contributed by atoms with van der Waals surface area (Å²) in [7, 11) is 0. The monoisotopic (exact) mass is 1740 g/mol. The van der Waals surface area contributed by atoms with Gasteiger partial charge in [0.15, 0.2) is 0 Å². The molecule has 16 bridgehead atoms. The van der Waals surface area contributed by atoms with Crippen LogP contribution in [0.1, 0.15) is 278 Å².